The van der Waals surface area contributed by atoms with E-state index in [0.717, 1.165) is 23.6 Å². The molecule has 0 spiro atoms. The summed E-state index contributed by atoms with van der Waals surface area (Å²) in [6.45, 7) is 4.09. The molecular weight excluding hydrogens is 318 g/mol. The van der Waals surface area contributed by atoms with E-state index in [1.54, 1.807) is 17.3 Å². The number of ether oxygens (including phenoxy) is 1. The summed E-state index contributed by atoms with van der Waals surface area (Å²) in [7, 11) is 0. The van der Waals surface area contributed by atoms with Crippen molar-refractivity contribution >= 4 is 24.2 Å². The predicted molar refractivity (Wildman–Crippen MR) is 86.6 cm³/mol. The van der Waals surface area contributed by atoms with Crippen LogP contribution in [0.3, 0.4) is 0 Å². The van der Waals surface area contributed by atoms with Gasteiger partial charge in [-0.3, -0.25) is 14.6 Å². The molecule has 1 fully saturated rings. The summed E-state index contributed by atoms with van der Waals surface area (Å²) >= 11 is 0. The van der Waals surface area contributed by atoms with Gasteiger partial charge in [0.25, 0.3) is 0 Å². The zero-order valence-electron chi connectivity index (χ0n) is 12.7. The summed E-state index contributed by atoms with van der Waals surface area (Å²) in [4.78, 5) is 18.1. The topological polar surface area (TPSA) is 72.3 Å². The number of rotatable bonds is 2. The van der Waals surface area contributed by atoms with E-state index in [-0.39, 0.29) is 24.6 Å². The molecule has 0 bridgehead atoms. The lowest BCUT2D eigenvalue weighted by atomic mass is 10.2. The average molecular weight is 336 g/mol. The third-order valence-electron chi connectivity index (χ3n) is 4.11. The summed E-state index contributed by atoms with van der Waals surface area (Å²) in [5.41, 5.74) is 2.62. The Morgan fingerprint density at radius 3 is 3.00 bits per heavy atom. The van der Waals surface area contributed by atoms with Crippen LogP contribution in [0.4, 0.5) is 10.5 Å². The molecule has 0 saturated carbocycles. The van der Waals surface area contributed by atoms with E-state index >= 15 is 0 Å². The Morgan fingerprint density at radius 2 is 2.22 bits per heavy atom. The van der Waals surface area contributed by atoms with Crippen LogP contribution in [0, 0.1) is 0 Å². The monoisotopic (exact) mass is 335 g/mol. The van der Waals surface area contributed by atoms with Gasteiger partial charge in [0.1, 0.15) is 0 Å². The van der Waals surface area contributed by atoms with Gasteiger partial charge >= 0.3 is 6.09 Å². The van der Waals surface area contributed by atoms with Gasteiger partial charge in [0.2, 0.25) is 0 Å². The SMILES string of the molecule is CC1Cn2ncc(N3CC(c4ccccn4)OC3=O)c2CN1.Cl. The van der Waals surface area contributed by atoms with E-state index in [4.69, 9.17) is 4.74 Å². The van der Waals surface area contributed by atoms with Crippen molar-refractivity contribution in [3.8, 4) is 0 Å². The molecule has 23 heavy (non-hydrogen) atoms. The molecule has 1 saturated heterocycles. The van der Waals surface area contributed by atoms with Crippen molar-refractivity contribution in [3.05, 3.63) is 42.0 Å². The number of nitrogens with zero attached hydrogens (tertiary/aromatic N) is 4. The van der Waals surface area contributed by atoms with Gasteiger partial charge in [-0.1, -0.05) is 6.07 Å². The van der Waals surface area contributed by atoms with E-state index < -0.39 is 0 Å². The van der Waals surface area contributed by atoms with Crippen LogP contribution in [-0.2, 0) is 17.8 Å². The van der Waals surface area contributed by atoms with Crippen LogP contribution in [0.5, 0.6) is 0 Å². The molecule has 2 aliphatic rings. The highest BCUT2D eigenvalue weighted by molar-refractivity contribution is 5.90. The molecule has 8 heteroatoms. The lowest BCUT2D eigenvalue weighted by molar-refractivity contribution is 0.140. The third-order valence-corrected chi connectivity index (χ3v) is 4.11. The van der Waals surface area contributed by atoms with Crippen molar-refractivity contribution in [2.75, 3.05) is 11.4 Å². The second-order valence-corrected chi connectivity index (χ2v) is 5.68. The number of hydrogen-bond acceptors (Lipinski definition) is 5. The Hall–Kier alpha value is -2.12. The Balaban J connectivity index is 0.00000156. The lowest BCUT2D eigenvalue weighted by Gasteiger charge is -2.23. The molecular formula is C15H18ClN5O2. The van der Waals surface area contributed by atoms with Crippen molar-refractivity contribution in [2.45, 2.75) is 32.2 Å². The van der Waals surface area contributed by atoms with Crippen LogP contribution in [0.2, 0.25) is 0 Å². The van der Waals surface area contributed by atoms with Crippen LogP contribution in [-0.4, -0.2) is 33.4 Å². The summed E-state index contributed by atoms with van der Waals surface area (Å²) in [6.07, 6.45) is 2.78. The zero-order valence-corrected chi connectivity index (χ0v) is 13.5. The van der Waals surface area contributed by atoms with Crippen molar-refractivity contribution in [2.24, 2.45) is 0 Å². The molecule has 2 atom stereocenters. The van der Waals surface area contributed by atoms with Crippen molar-refractivity contribution in [3.63, 3.8) is 0 Å². The number of hydrogen-bond donors (Lipinski definition) is 1. The molecule has 0 radical (unpaired) electrons. The van der Waals surface area contributed by atoms with Crippen LogP contribution in [0.15, 0.2) is 30.6 Å². The molecule has 0 aliphatic carbocycles. The van der Waals surface area contributed by atoms with E-state index in [9.17, 15) is 4.79 Å². The molecule has 2 unspecified atom stereocenters. The van der Waals surface area contributed by atoms with Gasteiger partial charge in [-0.15, -0.1) is 12.4 Å². The summed E-state index contributed by atoms with van der Waals surface area (Å²) < 4.78 is 7.42. The van der Waals surface area contributed by atoms with Crippen molar-refractivity contribution in [1.29, 1.82) is 0 Å². The molecule has 122 valence electrons. The Bertz CT molecular complexity index is 705. The molecule has 0 aromatic carbocycles. The first-order valence-electron chi connectivity index (χ1n) is 7.39. The second kappa shape index (κ2) is 6.17. The number of carbonyl (C=O) groups excluding carboxylic acids is 1. The number of amides is 1. The number of fused-ring (bicyclic) bond motifs is 1. The highest BCUT2D eigenvalue weighted by Gasteiger charge is 2.36. The molecule has 4 rings (SSSR count). The predicted octanol–water partition coefficient (Wildman–Crippen LogP) is 1.89. The molecule has 1 amide bonds. The number of carbonyl (C=O) groups is 1. The minimum Gasteiger partial charge on any atom is -0.437 e. The van der Waals surface area contributed by atoms with Gasteiger partial charge in [0.15, 0.2) is 6.10 Å². The molecule has 7 nitrogen and oxygen atoms in total. The van der Waals surface area contributed by atoms with Crippen LogP contribution >= 0.6 is 12.4 Å². The first kappa shape index (κ1) is 15.8. The third kappa shape index (κ3) is 2.77. The maximum absolute atomic E-state index is 12.2. The molecule has 2 aromatic rings. The molecule has 2 aliphatic heterocycles. The smallest absolute Gasteiger partial charge is 0.415 e. The van der Waals surface area contributed by atoms with Gasteiger partial charge in [-0.2, -0.15) is 5.10 Å². The van der Waals surface area contributed by atoms with Gasteiger partial charge in [0, 0.05) is 18.8 Å². The number of halogens is 1. The number of pyridine rings is 1. The zero-order chi connectivity index (χ0) is 15.1. The Kier molecular flexibility index (Phi) is 4.23. The standard InChI is InChI=1S/C15H17N5O2.ClH/c1-10-8-20-13(6-17-10)12(7-18-20)19-9-14(22-15(19)21)11-4-2-3-5-16-11;/h2-5,7,10,14,17H,6,8-9H2,1H3;1H. The summed E-state index contributed by atoms with van der Waals surface area (Å²) in [5.74, 6) is 0. The van der Waals surface area contributed by atoms with Crippen molar-refractivity contribution < 1.29 is 9.53 Å². The first-order chi connectivity index (χ1) is 10.7. The largest absolute Gasteiger partial charge is 0.437 e. The fraction of sp³-hybridized carbons (Fsp3) is 0.400. The lowest BCUT2D eigenvalue weighted by Crippen LogP contribution is -2.37. The normalized spacial score (nSPS) is 23.2. The number of anilines is 1. The first-order valence-corrected chi connectivity index (χ1v) is 7.39. The van der Waals surface area contributed by atoms with Gasteiger partial charge in [-0.25, -0.2) is 4.79 Å². The van der Waals surface area contributed by atoms with E-state index in [1.807, 2.05) is 22.9 Å². The minimum absolute atomic E-state index is 0. The van der Waals surface area contributed by atoms with Crippen LogP contribution in [0.25, 0.3) is 0 Å². The highest BCUT2D eigenvalue weighted by Crippen LogP contribution is 2.32. The molecule has 2 aromatic heterocycles. The average Bonchev–Trinajstić information content (AvgIpc) is 3.11. The second-order valence-electron chi connectivity index (χ2n) is 5.68. The van der Waals surface area contributed by atoms with E-state index in [2.05, 4.69) is 22.3 Å². The van der Waals surface area contributed by atoms with E-state index in [1.165, 1.54) is 0 Å². The van der Waals surface area contributed by atoms with Crippen LogP contribution < -0.4 is 10.2 Å². The molecule has 4 heterocycles. The van der Waals surface area contributed by atoms with Crippen LogP contribution in [0.1, 0.15) is 24.4 Å². The summed E-state index contributed by atoms with van der Waals surface area (Å²) in [5, 5.41) is 7.79. The fourth-order valence-corrected chi connectivity index (χ4v) is 2.94. The summed E-state index contributed by atoms with van der Waals surface area (Å²) in [6, 6.07) is 6.00. The van der Waals surface area contributed by atoms with Gasteiger partial charge < -0.3 is 10.1 Å². The maximum atomic E-state index is 12.2. The molecule has 1 N–H and O–H groups in total. The maximum Gasteiger partial charge on any atom is 0.415 e. The number of aromatic nitrogens is 3. The Labute approximate surface area is 140 Å². The number of nitrogens with one attached hydrogen (secondary N) is 1. The number of cyclic esters (lactones) is 1. The quantitative estimate of drug-likeness (QED) is 0.907. The minimum atomic E-state index is -0.343. The van der Waals surface area contributed by atoms with Gasteiger partial charge in [0.05, 0.1) is 36.4 Å². The van der Waals surface area contributed by atoms with E-state index in [0.29, 0.717) is 19.1 Å². The van der Waals surface area contributed by atoms with Gasteiger partial charge in [-0.05, 0) is 19.1 Å². The highest BCUT2D eigenvalue weighted by atomic mass is 35.5. The van der Waals surface area contributed by atoms with Crippen molar-refractivity contribution in [1.82, 2.24) is 20.1 Å². The fourth-order valence-electron chi connectivity index (χ4n) is 2.94. The Morgan fingerprint density at radius 1 is 1.35 bits per heavy atom.